The van der Waals surface area contributed by atoms with Gasteiger partial charge >= 0.3 is 0 Å². The SMILES string of the molecule is CCCNC(c1cn[nH]n1)c1ccc(C)c(C)c1OC. The number of hydrogen-bond acceptors (Lipinski definition) is 4. The Balaban J connectivity index is 2.46. The minimum Gasteiger partial charge on any atom is -0.496 e. The van der Waals surface area contributed by atoms with Crippen LogP contribution in [-0.4, -0.2) is 29.1 Å². The zero-order valence-electron chi connectivity index (χ0n) is 12.5. The highest BCUT2D eigenvalue weighted by molar-refractivity contribution is 5.48. The smallest absolute Gasteiger partial charge is 0.127 e. The van der Waals surface area contributed by atoms with Crippen molar-refractivity contribution in [3.8, 4) is 5.75 Å². The van der Waals surface area contributed by atoms with Crippen LogP contribution in [0.5, 0.6) is 5.75 Å². The first-order valence-electron chi connectivity index (χ1n) is 6.92. The van der Waals surface area contributed by atoms with E-state index in [1.807, 2.05) is 0 Å². The molecule has 0 saturated carbocycles. The molecule has 2 rings (SSSR count). The third-order valence-corrected chi connectivity index (χ3v) is 3.55. The van der Waals surface area contributed by atoms with Crippen molar-refractivity contribution in [2.75, 3.05) is 13.7 Å². The van der Waals surface area contributed by atoms with E-state index < -0.39 is 0 Å². The third-order valence-electron chi connectivity index (χ3n) is 3.55. The van der Waals surface area contributed by atoms with E-state index in [0.717, 1.165) is 35.5 Å². The summed E-state index contributed by atoms with van der Waals surface area (Å²) in [5.74, 6) is 0.918. The second-order valence-corrected chi connectivity index (χ2v) is 4.91. The monoisotopic (exact) mass is 274 g/mol. The van der Waals surface area contributed by atoms with Crippen LogP contribution in [0.1, 0.15) is 41.8 Å². The maximum atomic E-state index is 5.62. The van der Waals surface area contributed by atoms with E-state index in [1.165, 1.54) is 5.56 Å². The molecule has 0 bridgehead atoms. The number of nitrogens with one attached hydrogen (secondary N) is 2. The van der Waals surface area contributed by atoms with E-state index in [0.29, 0.717) is 0 Å². The van der Waals surface area contributed by atoms with Gasteiger partial charge in [0.2, 0.25) is 0 Å². The Morgan fingerprint density at radius 3 is 2.75 bits per heavy atom. The molecule has 1 aromatic carbocycles. The second-order valence-electron chi connectivity index (χ2n) is 4.91. The van der Waals surface area contributed by atoms with Gasteiger partial charge in [0.1, 0.15) is 11.4 Å². The molecule has 0 spiro atoms. The number of methoxy groups -OCH3 is 1. The summed E-state index contributed by atoms with van der Waals surface area (Å²) in [6.45, 7) is 7.22. The predicted octanol–water partition coefficient (Wildman–Crippen LogP) is 2.52. The largest absolute Gasteiger partial charge is 0.496 e. The maximum Gasteiger partial charge on any atom is 0.127 e. The molecule has 0 aliphatic rings. The van der Waals surface area contributed by atoms with Gasteiger partial charge in [-0.3, -0.25) is 0 Å². The molecule has 1 unspecified atom stereocenters. The predicted molar refractivity (Wildman–Crippen MR) is 79.0 cm³/mol. The van der Waals surface area contributed by atoms with E-state index in [2.05, 4.69) is 53.6 Å². The van der Waals surface area contributed by atoms with Gasteiger partial charge in [0, 0.05) is 5.56 Å². The number of H-pyrrole nitrogens is 1. The van der Waals surface area contributed by atoms with Gasteiger partial charge < -0.3 is 10.1 Å². The van der Waals surface area contributed by atoms with E-state index in [4.69, 9.17) is 4.74 Å². The normalized spacial score (nSPS) is 12.4. The van der Waals surface area contributed by atoms with Gasteiger partial charge in [0.15, 0.2) is 0 Å². The summed E-state index contributed by atoms with van der Waals surface area (Å²) in [5, 5.41) is 14.3. The summed E-state index contributed by atoms with van der Waals surface area (Å²) >= 11 is 0. The van der Waals surface area contributed by atoms with Gasteiger partial charge in [0.25, 0.3) is 0 Å². The van der Waals surface area contributed by atoms with Crippen LogP contribution in [0, 0.1) is 13.8 Å². The van der Waals surface area contributed by atoms with Crippen LogP contribution in [-0.2, 0) is 0 Å². The van der Waals surface area contributed by atoms with Crippen LogP contribution < -0.4 is 10.1 Å². The van der Waals surface area contributed by atoms with Crippen LogP contribution in [0.4, 0.5) is 0 Å². The molecule has 5 nitrogen and oxygen atoms in total. The van der Waals surface area contributed by atoms with Crippen molar-refractivity contribution in [1.29, 1.82) is 0 Å². The van der Waals surface area contributed by atoms with E-state index in [9.17, 15) is 0 Å². The number of hydrogen-bond donors (Lipinski definition) is 2. The van der Waals surface area contributed by atoms with Crippen LogP contribution in [0.15, 0.2) is 18.3 Å². The van der Waals surface area contributed by atoms with Crippen LogP contribution in [0.25, 0.3) is 0 Å². The standard InChI is InChI=1S/C15H22N4O/c1-5-8-16-14(13-9-17-19-18-13)12-7-6-10(2)11(3)15(12)20-4/h6-7,9,14,16H,5,8H2,1-4H3,(H,17,18,19). The Bertz CT molecular complexity index is 551. The van der Waals surface area contributed by atoms with Crippen LogP contribution in [0.2, 0.25) is 0 Å². The Morgan fingerprint density at radius 1 is 1.35 bits per heavy atom. The van der Waals surface area contributed by atoms with Gasteiger partial charge in [-0.15, -0.1) is 0 Å². The molecular formula is C15H22N4O. The molecule has 1 aromatic heterocycles. The van der Waals surface area contributed by atoms with E-state index >= 15 is 0 Å². The van der Waals surface area contributed by atoms with E-state index in [1.54, 1.807) is 13.3 Å². The van der Waals surface area contributed by atoms with Crippen molar-refractivity contribution in [3.05, 3.63) is 40.7 Å². The number of benzene rings is 1. The summed E-state index contributed by atoms with van der Waals surface area (Å²) in [5.41, 5.74) is 4.36. The molecule has 0 aliphatic carbocycles. The maximum absolute atomic E-state index is 5.62. The topological polar surface area (TPSA) is 62.8 Å². The lowest BCUT2D eigenvalue weighted by atomic mass is 9.97. The molecule has 2 aromatic rings. The lowest BCUT2D eigenvalue weighted by Gasteiger charge is -2.21. The first kappa shape index (κ1) is 14.5. The zero-order valence-corrected chi connectivity index (χ0v) is 12.5. The van der Waals surface area contributed by atoms with Crippen molar-refractivity contribution in [1.82, 2.24) is 20.7 Å². The molecular weight excluding hydrogens is 252 g/mol. The average molecular weight is 274 g/mol. The molecule has 108 valence electrons. The molecule has 0 amide bonds. The Kier molecular flexibility index (Phi) is 4.74. The minimum atomic E-state index is -0.0112. The molecule has 0 aliphatic heterocycles. The number of ether oxygens (including phenoxy) is 1. The van der Waals surface area contributed by atoms with Gasteiger partial charge in [-0.2, -0.15) is 15.4 Å². The summed E-state index contributed by atoms with van der Waals surface area (Å²) in [6.07, 6.45) is 2.81. The lowest BCUT2D eigenvalue weighted by Crippen LogP contribution is -2.24. The highest BCUT2D eigenvalue weighted by atomic mass is 16.5. The Labute approximate surface area is 119 Å². The van der Waals surface area contributed by atoms with Crippen LogP contribution in [0.3, 0.4) is 0 Å². The number of aromatic amines is 1. The highest BCUT2D eigenvalue weighted by Crippen LogP contribution is 2.33. The van der Waals surface area contributed by atoms with Gasteiger partial charge in [-0.05, 0) is 37.9 Å². The fourth-order valence-corrected chi connectivity index (χ4v) is 2.32. The van der Waals surface area contributed by atoms with Gasteiger partial charge in [-0.25, -0.2) is 0 Å². The Hall–Kier alpha value is -1.88. The van der Waals surface area contributed by atoms with Crippen molar-refractivity contribution in [3.63, 3.8) is 0 Å². The highest BCUT2D eigenvalue weighted by Gasteiger charge is 2.21. The minimum absolute atomic E-state index is 0.0112. The molecule has 0 fully saturated rings. The zero-order chi connectivity index (χ0) is 14.5. The van der Waals surface area contributed by atoms with Crippen molar-refractivity contribution >= 4 is 0 Å². The molecule has 0 saturated heterocycles. The molecule has 20 heavy (non-hydrogen) atoms. The summed E-state index contributed by atoms with van der Waals surface area (Å²) in [6, 6.07) is 4.21. The first-order valence-corrected chi connectivity index (χ1v) is 6.92. The van der Waals surface area contributed by atoms with Crippen molar-refractivity contribution < 1.29 is 4.74 Å². The second kappa shape index (κ2) is 6.52. The number of rotatable bonds is 6. The summed E-state index contributed by atoms with van der Waals surface area (Å²) in [7, 11) is 1.71. The molecule has 1 atom stereocenters. The van der Waals surface area contributed by atoms with Gasteiger partial charge in [-0.1, -0.05) is 19.1 Å². The fraction of sp³-hybridized carbons (Fsp3) is 0.467. The summed E-state index contributed by atoms with van der Waals surface area (Å²) < 4.78 is 5.62. The van der Waals surface area contributed by atoms with Crippen LogP contribution >= 0.6 is 0 Å². The fourth-order valence-electron chi connectivity index (χ4n) is 2.32. The Morgan fingerprint density at radius 2 is 2.15 bits per heavy atom. The van der Waals surface area contributed by atoms with E-state index in [-0.39, 0.29) is 6.04 Å². The molecule has 5 heteroatoms. The van der Waals surface area contributed by atoms with Crippen molar-refractivity contribution in [2.45, 2.75) is 33.2 Å². The third kappa shape index (κ3) is 2.82. The molecule has 2 N–H and O–H groups in total. The number of aryl methyl sites for hydroxylation is 1. The average Bonchev–Trinajstić information content (AvgIpc) is 2.97. The molecule has 1 heterocycles. The number of nitrogens with zero attached hydrogens (tertiary/aromatic N) is 2. The van der Waals surface area contributed by atoms with Gasteiger partial charge in [0.05, 0.1) is 19.3 Å². The van der Waals surface area contributed by atoms with Crippen molar-refractivity contribution in [2.24, 2.45) is 0 Å². The molecule has 0 radical (unpaired) electrons. The number of aromatic nitrogens is 3. The first-order chi connectivity index (χ1) is 9.69. The quantitative estimate of drug-likeness (QED) is 0.849. The summed E-state index contributed by atoms with van der Waals surface area (Å²) in [4.78, 5) is 0. The lowest BCUT2D eigenvalue weighted by molar-refractivity contribution is 0.399.